The Labute approximate surface area is 170 Å². The summed E-state index contributed by atoms with van der Waals surface area (Å²) in [7, 11) is 0. The summed E-state index contributed by atoms with van der Waals surface area (Å²) in [5.74, 6) is 1.70. The van der Waals surface area contributed by atoms with Gasteiger partial charge in [0.1, 0.15) is 11.5 Å². The molecule has 1 aliphatic carbocycles. The monoisotopic (exact) mass is 397 g/mol. The van der Waals surface area contributed by atoms with Gasteiger partial charge >= 0.3 is 0 Å². The number of amides is 2. The Morgan fingerprint density at radius 2 is 2.03 bits per heavy atom. The molecule has 0 bridgehead atoms. The summed E-state index contributed by atoms with van der Waals surface area (Å²) < 4.78 is 5.44. The van der Waals surface area contributed by atoms with Crippen molar-refractivity contribution in [2.75, 3.05) is 13.1 Å². The number of aryl methyl sites for hydroxylation is 2. The van der Waals surface area contributed by atoms with Gasteiger partial charge in [-0.2, -0.15) is 0 Å². The molecule has 2 aliphatic rings. The lowest BCUT2D eigenvalue weighted by Gasteiger charge is -2.35. The van der Waals surface area contributed by atoms with Gasteiger partial charge in [-0.25, -0.2) is 0 Å². The summed E-state index contributed by atoms with van der Waals surface area (Å²) in [6.07, 6.45) is 4.41. The molecule has 1 aliphatic heterocycles. The van der Waals surface area contributed by atoms with Crippen molar-refractivity contribution in [2.24, 2.45) is 11.8 Å². The van der Waals surface area contributed by atoms with Gasteiger partial charge in [-0.3, -0.25) is 14.6 Å². The summed E-state index contributed by atoms with van der Waals surface area (Å²) in [4.78, 5) is 31.2. The number of pyridine rings is 1. The topological polar surface area (TPSA) is 95.7 Å². The fourth-order valence-corrected chi connectivity index (χ4v) is 4.68. The van der Waals surface area contributed by atoms with E-state index in [2.05, 4.69) is 10.3 Å². The van der Waals surface area contributed by atoms with Crippen molar-refractivity contribution in [3.05, 3.63) is 53.2 Å². The zero-order valence-electron chi connectivity index (χ0n) is 16.8. The number of carbonyl (C=O) groups excluding carboxylic acids is 2. The molecular formula is C22H27N3O4. The molecule has 7 heteroatoms. The Hall–Kier alpha value is -2.67. The molecule has 4 rings (SSSR count). The van der Waals surface area contributed by atoms with Crippen LogP contribution in [0.25, 0.3) is 0 Å². The number of fused-ring (bicyclic) bond motifs is 1. The van der Waals surface area contributed by atoms with Crippen LogP contribution in [-0.2, 0) is 11.2 Å². The smallest absolute Gasteiger partial charge is 0.255 e. The Morgan fingerprint density at radius 3 is 2.69 bits per heavy atom. The molecule has 3 heterocycles. The molecule has 1 saturated heterocycles. The van der Waals surface area contributed by atoms with Crippen LogP contribution in [0.5, 0.6) is 0 Å². The summed E-state index contributed by atoms with van der Waals surface area (Å²) >= 11 is 0. The number of hydrogen-bond acceptors (Lipinski definition) is 5. The number of carbonyl (C=O) groups is 2. The van der Waals surface area contributed by atoms with Crippen molar-refractivity contribution in [2.45, 2.75) is 45.3 Å². The molecule has 154 valence electrons. The highest BCUT2D eigenvalue weighted by Crippen LogP contribution is 2.37. The molecular weight excluding hydrogens is 370 g/mol. The van der Waals surface area contributed by atoms with Crippen molar-refractivity contribution < 1.29 is 19.1 Å². The van der Waals surface area contributed by atoms with Gasteiger partial charge in [-0.15, -0.1) is 0 Å². The molecule has 4 atom stereocenters. The van der Waals surface area contributed by atoms with Crippen LogP contribution in [0.4, 0.5) is 0 Å². The lowest BCUT2D eigenvalue weighted by Crippen LogP contribution is -2.49. The van der Waals surface area contributed by atoms with E-state index < -0.39 is 6.10 Å². The predicted molar refractivity (Wildman–Crippen MR) is 106 cm³/mol. The molecule has 29 heavy (non-hydrogen) atoms. The van der Waals surface area contributed by atoms with E-state index in [1.807, 2.05) is 17.0 Å². The van der Waals surface area contributed by atoms with E-state index in [1.54, 1.807) is 32.3 Å². The van der Waals surface area contributed by atoms with Crippen molar-refractivity contribution >= 4 is 11.8 Å². The number of likely N-dealkylation sites (tertiary alicyclic amines) is 1. The Bertz CT molecular complexity index is 895. The molecule has 0 aromatic carbocycles. The molecule has 1 saturated carbocycles. The van der Waals surface area contributed by atoms with Gasteiger partial charge in [0.15, 0.2) is 0 Å². The minimum Gasteiger partial charge on any atom is -0.466 e. The minimum absolute atomic E-state index is 0.0898. The second-order valence-corrected chi connectivity index (χ2v) is 8.30. The van der Waals surface area contributed by atoms with Gasteiger partial charge in [0.05, 0.1) is 24.1 Å². The summed E-state index contributed by atoms with van der Waals surface area (Å²) in [6, 6.07) is 5.14. The SMILES string of the molecule is Cc1cc(C(=O)N[C@H]2C[C@H]3CN(C(=O)Cc4cccnc4)C[C@H]3C[C@@H]2O)c(C)o1. The number of nitrogens with one attached hydrogen (secondary N) is 1. The highest BCUT2D eigenvalue weighted by molar-refractivity contribution is 5.95. The van der Waals surface area contributed by atoms with Gasteiger partial charge in [0.2, 0.25) is 5.91 Å². The van der Waals surface area contributed by atoms with Crippen LogP contribution >= 0.6 is 0 Å². The first kappa shape index (κ1) is 19.6. The van der Waals surface area contributed by atoms with Crippen LogP contribution in [0.3, 0.4) is 0 Å². The fraction of sp³-hybridized carbons (Fsp3) is 0.500. The Balaban J connectivity index is 1.37. The highest BCUT2D eigenvalue weighted by Gasteiger charge is 2.43. The van der Waals surface area contributed by atoms with Crippen LogP contribution in [0.15, 0.2) is 35.0 Å². The average Bonchev–Trinajstić information content (AvgIpc) is 3.25. The average molecular weight is 397 g/mol. The second kappa shape index (κ2) is 7.99. The Morgan fingerprint density at radius 1 is 1.28 bits per heavy atom. The van der Waals surface area contributed by atoms with Crippen molar-refractivity contribution in [3.8, 4) is 0 Å². The van der Waals surface area contributed by atoms with Gasteiger partial charge in [0, 0.05) is 25.5 Å². The van der Waals surface area contributed by atoms with E-state index in [9.17, 15) is 14.7 Å². The number of hydrogen-bond donors (Lipinski definition) is 2. The first-order chi connectivity index (χ1) is 13.9. The van der Waals surface area contributed by atoms with Crippen molar-refractivity contribution in [1.29, 1.82) is 0 Å². The maximum absolute atomic E-state index is 12.7. The Kier molecular flexibility index (Phi) is 5.41. The lowest BCUT2D eigenvalue weighted by molar-refractivity contribution is -0.129. The number of aromatic nitrogens is 1. The van der Waals surface area contributed by atoms with Gasteiger partial charge in [0.25, 0.3) is 5.91 Å². The first-order valence-corrected chi connectivity index (χ1v) is 10.1. The van der Waals surface area contributed by atoms with E-state index in [0.717, 1.165) is 5.56 Å². The van der Waals surface area contributed by atoms with Gasteiger partial charge < -0.3 is 19.7 Å². The van der Waals surface area contributed by atoms with Crippen LogP contribution < -0.4 is 5.32 Å². The minimum atomic E-state index is -0.609. The van der Waals surface area contributed by atoms with Gasteiger partial charge in [-0.05, 0) is 56.2 Å². The molecule has 2 N–H and O–H groups in total. The zero-order chi connectivity index (χ0) is 20.5. The number of furan rings is 1. The molecule has 0 spiro atoms. The third kappa shape index (κ3) is 4.19. The number of aliphatic hydroxyl groups is 1. The number of aliphatic hydroxyl groups excluding tert-OH is 1. The summed E-state index contributed by atoms with van der Waals surface area (Å²) in [6.45, 7) is 4.91. The third-order valence-corrected chi connectivity index (χ3v) is 6.17. The first-order valence-electron chi connectivity index (χ1n) is 10.1. The lowest BCUT2D eigenvalue weighted by atomic mass is 9.77. The van der Waals surface area contributed by atoms with E-state index in [0.29, 0.717) is 49.4 Å². The van der Waals surface area contributed by atoms with E-state index >= 15 is 0 Å². The highest BCUT2D eigenvalue weighted by atomic mass is 16.3. The molecule has 2 fully saturated rings. The zero-order valence-corrected chi connectivity index (χ0v) is 16.8. The van der Waals surface area contributed by atoms with Crippen LogP contribution in [-0.4, -0.2) is 52.0 Å². The summed E-state index contributed by atoms with van der Waals surface area (Å²) in [5, 5.41) is 13.6. The van der Waals surface area contributed by atoms with Crippen LogP contribution in [0.1, 0.15) is 40.3 Å². The quantitative estimate of drug-likeness (QED) is 0.821. The predicted octanol–water partition coefficient (Wildman–Crippen LogP) is 1.86. The van der Waals surface area contributed by atoms with E-state index in [4.69, 9.17) is 4.42 Å². The molecule has 0 radical (unpaired) electrons. The largest absolute Gasteiger partial charge is 0.466 e. The maximum Gasteiger partial charge on any atom is 0.255 e. The molecule has 0 unspecified atom stereocenters. The normalized spacial score (nSPS) is 26.2. The third-order valence-electron chi connectivity index (χ3n) is 6.17. The number of rotatable bonds is 4. The van der Waals surface area contributed by atoms with Crippen LogP contribution in [0, 0.1) is 25.7 Å². The standard InChI is InChI=1S/C22H27N3O4/c1-13-6-18(14(2)29-13)22(28)24-19-8-16-11-25(12-17(16)9-20(19)26)21(27)7-15-4-3-5-23-10-15/h3-6,10,16-17,19-20,26H,7-9,11-12H2,1-2H3,(H,24,28)/t16-,17+,19-,20-/m0/s1. The second-order valence-electron chi connectivity index (χ2n) is 8.30. The van der Waals surface area contributed by atoms with Crippen molar-refractivity contribution in [3.63, 3.8) is 0 Å². The molecule has 2 amide bonds. The fourth-order valence-electron chi connectivity index (χ4n) is 4.68. The van der Waals surface area contributed by atoms with Crippen molar-refractivity contribution in [1.82, 2.24) is 15.2 Å². The number of nitrogens with zero attached hydrogens (tertiary/aromatic N) is 2. The molecule has 2 aromatic rings. The summed E-state index contributed by atoms with van der Waals surface area (Å²) in [5.41, 5.74) is 1.42. The van der Waals surface area contributed by atoms with E-state index in [1.165, 1.54) is 0 Å². The van der Waals surface area contributed by atoms with Gasteiger partial charge in [-0.1, -0.05) is 6.07 Å². The van der Waals surface area contributed by atoms with Crippen LogP contribution in [0.2, 0.25) is 0 Å². The molecule has 7 nitrogen and oxygen atoms in total. The molecule has 2 aromatic heterocycles. The maximum atomic E-state index is 12.7. The van der Waals surface area contributed by atoms with E-state index in [-0.39, 0.29) is 29.7 Å².